The zero-order chi connectivity index (χ0) is 12.4. The van der Waals surface area contributed by atoms with E-state index in [2.05, 4.69) is 9.97 Å². The van der Waals surface area contributed by atoms with E-state index in [1.165, 1.54) is 13.4 Å². The topological polar surface area (TPSA) is 78.5 Å². The fourth-order valence-corrected chi connectivity index (χ4v) is 2.16. The number of hydrogen-bond acceptors (Lipinski definition) is 5. The summed E-state index contributed by atoms with van der Waals surface area (Å²) in [6.07, 6.45) is 2.83. The molecule has 0 unspecified atom stereocenters. The number of anilines is 1. The van der Waals surface area contributed by atoms with Crippen LogP contribution in [-0.2, 0) is 0 Å². The van der Waals surface area contributed by atoms with Crippen molar-refractivity contribution in [1.29, 1.82) is 0 Å². The van der Waals surface area contributed by atoms with E-state index in [4.69, 9.17) is 4.74 Å². The van der Waals surface area contributed by atoms with Crippen molar-refractivity contribution < 1.29 is 9.84 Å². The monoisotopic (exact) mass is 239 g/mol. The van der Waals surface area contributed by atoms with Gasteiger partial charge in [0.15, 0.2) is 5.82 Å². The Morgan fingerprint density at radius 2 is 2.35 bits per heavy atom. The highest BCUT2D eigenvalue weighted by molar-refractivity contribution is 5.49. The van der Waals surface area contributed by atoms with Crippen LogP contribution in [0, 0.1) is 5.92 Å². The molecular formula is C11H17N3O3. The maximum Gasteiger partial charge on any atom is 0.295 e. The third-order valence-corrected chi connectivity index (χ3v) is 3.10. The van der Waals surface area contributed by atoms with Crippen molar-refractivity contribution in [3.05, 3.63) is 16.7 Å². The number of nitrogens with zero attached hydrogens (tertiary/aromatic N) is 2. The third kappa shape index (κ3) is 2.41. The second kappa shape index (κ2) is 4.75. The molecule has 0 atom stereocenters. The van der Waals surface area contributed by atoms with E-state index in [1.807, 2.05) is 11.9 Å². The maximum atomic E-state index is 11.5. The van der Waals surface area contributed by atoms with E-state index < -0.39 is 0 Å². The Labute approximate surface area is 99.2 Å². The van der Waals surface area contributed by atoms with Gasteiger partial charge in [-0.05, 0) is 18.8 Å². The molecule has 1 aliphatic carbocycles. The van der Waals surface area contributed by atoms with Crippen molar-refractivity contribution >= 4 is 5.82 Å². The predicted molar refractivity (Wildman–Crippen MR) is 63.4 cm³/mol. The van der Waals surface area contributed by atoms with Crippen molar-refractivity contribution in [3.8, 4) is 5.75 Å². The molecule has 2 N–H and O–H groups in total. The molecule has 0 amide bonds. The molecule has 1 saturated carbocycles. The Kier molecular flexibility index (Phi) is 3.33. The van der Waals surface area contributed by atoms with Crippen LogP contribution in [-0.4, -0.2) is 41.9 Å². The number of aliphatic hydroxyl groups is 1. The number of aromatic amines is 1. The van der Waals surface area contributed by atoms with Gasteiger partial charge in [0.05, 0.1) is 19.5 Å². The molecule has 1 heterocycles. The van der Waals surface area contributed by atoms with Crippen molar-refractivity contribution in [3.63, 3.8) is 0 Å². The number of ether oxygens (including phenoxy) is 1. The van der Waals surface area contributed by atoms with Gasteiger partial charge in [-0.25, -0.2) is 4.98 Å². The first-order valence-corrected chi connectivity index (χ1v) is 5.62. The normalized spacial score (nSPS) is 23.0. The summed E-state index contributed by atoms with van der Waals surface area (Å²) in [5.74, 6) is 1.23. The highest BCUT2D eigenvalue weighted by Crippen LogP contribution is 2.29. The summed E-state index contributed by atoms with van der Waals surface area (Å²) in [6, 6.07) is 0. The lowest BCUT2D eigenvalue weighted by atomic mass is 9.82. The lowest BCUT2D eigenvalue weighted by molar-refractivity contribution is 0.0464. The number of hydrogen-bond donors (Lipinski definition) is 2. The number of rotatable bonds is 4. The summed E-state index contributed by atoms with van der Waals surface area (Å²) in [6.45, 7) is 0.768. The second-order valence-electron chi connectivity index (χ2n) is 4.46. The highest BCUT2D eigenvalue weighted by Gasteiger charge is 2.29. The lowest BCUT2D eigenvalue weighted by Gasteiger charge is -2.34. The van der Waals surface area contributed by atoms with Gasteiger partial charge in [-0.2, -0.15) is 0 Å². The van der Waals surface area contributed by atoms with E-state index in [-0.39, 0.29) is 17.4 Å². The Morgan fingerprint density at radius 3 is 2.94 bits per heavy atom. The summed E-state index contributed by atoms with van der Waals surface area (Å²) < 4.78 is 5.05. The van der Waals surface area contributed by atoms with Crippen LogP contribution >= 0.6 is 0 Å². The minimum atomic E-state index is -0.280. The fraction of sp³-hybridized carbons (Fsp3) is 0.636. The summed E-state index contributed by atoms with van der Waals surface area (Å²) in [7, 11) is 3.33. The Morgan fingerprint density at radius 1 is 1.65 bits per heavy atom. The Hall–Kier alpha value is -1.56. The number of H-pyrrole nitrogens is 1. The van der Waals surface area contributed by atoms with Gasteiger partial charge in [-0.3, -0.25) is 4.79 Å². The molecule has 1 aromatic rings. The van der Waals surface area contributed by atoms with Crippen LogP contribution in [0.2, 0.25) is 0 Å². The van der Waals surface area contributed by atoms with Gasteiger partial charge >= 0.3 is 0 Å². The van der Waals surface area contributed by atoms with Crippen LogP contribution in [0.4, 0.5) is 5.82 Å². The lowest BCUT2D eigenvalue weighted by Crippen LogP contribution is -2.37. The predicted octanol–water partition coefficient (Wildman–Crippen LogP) is -0.0144. The number of aliphatic hydroxyl groups excluding tert-OH is 1. The minimum Gasteiger partial charge on any atom is -0.489 e. The van der Waals surface area contributed by atoms with Crippen LogP contribution in [0.1, 0.15) is 12.8 Å². The van der Waals surface area contributed by atoms with Crippen LogP contribution in [0.15, 0.2) is 11.1 Å². The van der Waals surface area contributed by atoms with Crippen LogP contribution in [0.3, 0.4) is 0 Å². The van der Waals surface area contributed by atoms with Gasteiger partial charge in [0.25, 0.3) is 5.56 Å². The SMILES string of the molecule is COc1c(N(C)CC2CC(O)C2)nc[nH]c1=O. The van der Waals surface area contributed by atoms with Crippen LogP contribution in [0.5, 0.6) is 5.75 Å². The molecule has 6 heteroatoms. The first kappa shape index (κ1) is 11.9. The maximum absolute atomic E-state index is 11.5. The molecule has 2 rings (SSSR count). The summed E-state index contributed by atoms with van der Waals surface area (Å²) in [5, 5.41) is 9.23. The molecule has 17 heavy (non-hydrogen) atoms. The molecule has 0 aromatic carbocycles. The van der Waals surface area contributed by atoms with E-state index in [9.17, 15) is 9.90 Å². The Balaban J connectivity index is 2.10. The second-order valence-corrected chi connectivity index (χ2v) is 4.46. The molecule has 1 aromatic heterocycles. The molecule has 94 valence electrons. The molecular weight excluding hydrogens is 222 g/mol. The average Bonchev–Trinajstić information content (AvgIpc) is 2.26. The van der Waals surface area contributed by atoms with E-state index >= 15 is 0 Å². The first-order valence-electron chi connectivity index (χ1n) is 5.62. The number of methoxy groups -OCH3 is 1. The zero-order valence-corrected chi connectivity index (χ0v) is 10.0. The molecule has 0 aliphatic heterocycles. The van der Waals surface area contributed by atoms with Gasteiger partial charge in [-0.15, -0.1) is 0 Å². The molecule has 0 saturated heterocycles. The summed E-state index contributed by atoms with van der Waals surface area (Å²) in [4.78, 5) is 20.0. The van der Waals surface area contributed by atoms with Crippen molar-refractivity contribution in [2.24, 2.45) is 5.92 Å². The summed E-state index contributed by atoms with van der Waals surface area (Å²) in [5.41, 5.74) is -0.280. The van der Waals surface area contributed by atoms with E-state index in [0.29, 0.717) is 11.7 Å². The van der Waals surface area contributed by atoms with Gasteiger partial charge in [0.1, 0.15) is 0 Å². The molecule has 0 bridgehead atoms. The van der Waals surface area contributed by atoms with Gasteiger partial charge in [0, 0.05) is 13.6 Å². The highest BCUT2D eigenvalue weighted by atomic mass is 16.5. The fourth-order valence-electron chi connectivity index (χ4n) is 2.16. The number of nitrogens with one attached hydrogen (secondary N) is 1. The van der Waals surface area contributed by atoms with Crippen molar-refractivity contribution in [2.75, 3.05) is 25.6 Å². The molecule has 6 nitrogen and oxygen atoms in total. The van der Waals surface area contributed by atoms with Crippen LogP contribution in [0.25, 0.3) is 0 Å². The van der Waals surface area contributed by atoms with Gasteiger partial charge < -0.3 is 19.7 Å². The molecule has 0 radical (unpaired) electrons. The standard InChI is InChI=1S/C11H17N3O3/c1-14(5-7-3-8(15)4-7)10-9(17-2)11(16)13-6-12-10/h6-8,15H,3-5H2,1-2H3,(H,12,13,16). The van der Waals surface area contributed by atoms with Crippen molar-refractivity contribution in [2.45, 2.75) is 18.9 Å². The largest absolute Gasteiger partial charge is 0.489 e. The minimum absolute atomic E-state index is 0.164. The zero-order valence-electron chi connectivity index (χ0n) is 10.0. The first-order chi connectivity index (χ1) is 8.11. The van der Waals surface area contributed by atoms with Crippen molar-refractivity contribution in [1.82, 2.24) is 9.97 Å². The third-order valence-electron chi connectivity index (χ3n) is 3.10. The van der Waals surface area contributed by atoms with E-state index in [0.717, 1.165) is 19.4 Å². The molecule has 0 spiro atoms. The van der Waals surface area contributed by atoms with Gasteiger partial charge in [-0.1, -0.05) is 0 Å². The smallest absolute Gasteiger partial charge is 0.295 e. The molecule has 1 aliphatic rings. The van der Waals surface area contributed by atoms with Gasteiger partial charge in [0.2, 0.25) is 5.75 Å². The number of aromatic nitrogens is 2. The van der Waals surface area contributed by atoms with Crippen LogP contribution < -0.4 is 15.2 Å². The summed E-state index contributed by atoms with van der Waals surface area (Å²) >= 11 is 0. The molecule has 1 fully saturated rings. The average molecular weight is 239 g/mol. The quantitative estimate of drug-likeness (QED) is 0.772. The Bertz CT molecular complexity index is 440. The van der Waals surface area contributed by atoms with E-state index in [1.54, 1.807) is 0 Å².